The SMILES string of the molecule is C#CC(C)(C)N[N+](=O)[O-]. The second kappa shape index (κ2) is 2.35. The van der Waals surface area contributed by atoms with E-state index in [0.717, 1.165) is 0 Å². The van der Waals surface area contributed by atoms with Crippen molar-refractivity contribution >= 4 is 0 Å². The summed E-state index contributed by atoms with van der Waals surface area (Å²) in [5.41, 5.74) is 1.10. The standard InChI is InChI=1S/C5H8N2O2/c1-4-5(2,3)6-7(8)9/h1,6H,2-3H3. The van der Waals surface area contributed by atoms with E-state index in [1.54, 1.807) is 13.8 Å². The minimum atomic E-state index is -0.858. The zero-order valence-electron chi connectivity index (χ0n) is 5.34. The zero-order chi connectivity index (χ0) is 7.49. The molecule has 0 heterocycles. The lowest BCUT2D eigenvalue weighted by atomic mass is 10.1. The molecule has 0 unspecified atom stereocenters. The van der Waals surface area contributed by atoms with Gasteiger partial charge in [0, 0.05) is 0 Å². The van der Waals surface area contributed by atoms with Crippen molar-refractivity contribution < 1.29 is 5.03 Å². The van der Waals surface area contributed by atoms with Crippen LogP contribution in [0.1, 0.15) is 13.8 Å². The van der Waals surface area contributed by atoms with Crippen molar-refractivity contribution in [2.24, 2.45) is 0 Å². The van der Waals surface area contributed by atoms with E-state index in [2.05, 4.69) is 5.92 Å². The summed E-state index contributed by atoms with van der Waals surface area (Å²) in [5.74, 6) is 2.22. The Morgan fingerprint density at radius 3 is 2.33 bits per heavy atom. The highest BCUT2D eigenvalue weighted by Gasteiger charge is 2.18. The van der Waals surface area contributed by atoms with Gasteiger partial charge < -0.3 is 0 Å². The molecule has 1 N–H and O–H groups in total. The number of nitrogens with zero attached hydrogens (tertiary/aromatic N) is 1. The Labute approximate surface area is 53.4 Å². The molecule has 0 rings (SSSR count). The molecule has 0 saturated carbocycles. The van der Waals surface area contributed by atoms with Gasteiger partial charge in [-0.3, -0.25) is 0 Å². The summed E-state index contributed by atoms with van der Waals surface area (Å²) in [6.07, 6.45) is 4.94. The highest BCUT2D eigenvalue weighted by molar-refractivity contribution is 5.05. The largest absolute Gasteiger partial charge is 0.235 e. The summed E-state index contributed by atoms with van der Waals surface area (Å²) in [4.78, 5) is 9.77. The Morgan fingerprint density at radius 1 is 1.78 bits per heavy atom. The maximum Gasteiger partial charge on any atom is 0.159 e. The van der Waals surface area contributed by atoms with E-state index in [1.807, 2.05) is 5.43 Å². The third-order valence-corrected chi connectivity index (χ3v) is 0.732. The van der Waals surface area contributed by atoms with Gasteiger partial charge >= 0.3 is 0 Å². The Hall–Kier alpha value is -1.24. The van der Waals surface area contributed by atoms with Crippen molar-refractivity contribution in [3.8, 4) is 12.3 Å². The molecule has 0 bridgehead atoms. The molecule has 4 nitrogen and oxygen atoms in total. The minimum absolute atomic E-state index is 0.653. The molecular weight excluding hydrogens is 120 g/mol. The maximum absolute atomic E-state index is 9.77. The molecule has 0 fully saturated rings. The van der Waals surface area contributed by atoms with Crippen molar-refractivity contribution in [2.75, 3.05) is 0 Å². The number of hydrazine groups is 1. The van der Waals surface area contributed by atoms with Gasteiger partial charge in [-0.2, -0.15) is 0 Å². The number of rotatable bonds is 2. The van der Waals surface area contributed by atoms with Crippen molar-refractivity contribution in [1.29, 1.82) is 0 Å². The highest BCUT2D eigenvalue weighted by atomic mass is 16.7. The molecule has 0 aromatic rings. The van der Waals surface area contributed by atoms with Crippen molar-refractivity contribution in [3.63, 3.8) is 0 Å². The van der Waals surface area contributed by atoms with Crippen LogP contribution in [-0.2, 0) is 0 Å². The first-order valence-electron chi connectivity index (χ1n) is 2.38. The molecule has 0 aliphatic heterocycles. The summed E-state index contributed by atoms with van der Waals surface area (Å²) in [6.45, 7) is 3.10. The van der Waals surface area contributed by atoms with Crippen molar-refractivity contribution in [1.82, 2.24) is 5.43 Å². The zero-order valence-corrected chi connectivity index (χ0v) is 5.34. The maximum atomic E-state index is 9.77. The van der Waals surface area contributed by atoms with E-state index >= 15 is 0 Å². The van der Waals surface area contributed by atoms with Crippen LogP contribution in [0.3, 0.4) is 0 Å². The van der Waals surface area contributed by atoms with Gasteiger partial charge in [0.1, 0.15) is 0 Å². The summed E-state index contributed by atoms with van der Waals surface area (Å²) in [6, 6.07) is 0. The molecule has 0 aromatic heterocycles. The second-order valence-electron chi connectivity index (χ2n) is 2.14. The average molecular weight is 128 g/mol. The first-order valence-corrected chi connectivity index (χ1v) is 2.38. The van der Waals surface area contributed by atoms with Gasteiger partial charge in [0.15, 0.2) is 10.6 Å². The lowest BCUT2D eigenvalue weighted by Crippen LogP contribution is -2.41. The van der Waals surface area contributed by atoms with Gasteiger partial charge in [-0.05, 0) is 13.8 Å². The number of nitrogens with one attached hydrogen (secondary N) is 1. The Morgan fingerprint density at radius 2 is 2.22 bits per heavy atom. The van der Waals surface area contributed by atoms with Gasteiger partial charge in [0.25, 0.3) is 0 Å². The molecule has 4 heteroatoms. The Kier molecular flexibility index (Phi) is 2.03. The topological polar surface area (TPSA) is 55.2 Å². The third-order valence-electron chi connectivity index (χ3n) is 0.732. The minimum Gasteiger partial charge on any atom is -0.235 e. The predicted octanol–water partition coefficient (Wildman–Crippen LogP) is 0.179. The van der Waals surface area contributed by atoms with Crippen LogP contribution in [0.25, 0.3) is 0 Å². The van der Waals surface area contributed by atoms with Crippen LogP contribution in [-0.4, -0.2) is 10.6 Å². The molecule has 0 radical (unpaired) electrons. The lowest BCUT2D eigenvalue weighted by molar-refractivity contribution is -0.554. The number of hydrogen-bond acceptors (Lipinski definition) is 2. The van der Waals surface area contributed by atoms with Crippen LogP contribution >= 0.6 is 0 Å². The van der Waals surface area contributed by atoms with E-state index in [-0.39, 0.29) is 0 Å². The average Bonchev–Trinajstić information content (AvgIpc) is 1.63. The fraction of sp³-hybridized carbons (Fsp3) is 0.600. The molecule has 0 aliphatic carbocycles. The lowest BCUT2D eigenvalue weighted by Gasteiger charge is -2.11. The highest BCUT2D eigenvalue weighted by Crippen LogP contribution is 1.96. The van der Waals surface area contributed by atoms with E-state index in [4.69, 9.17) is 6.42 Å². The summed E-state index contributed by atoms with van der Waals surface area (Å²) >= 11 is 0. The van der Waals surface area contributed by atoms with Crippen LogP contribution in [0.15, 0.2) is 0 Å². The predicted molar refractivity (Wildman–Crippen MR) is 33.0 cm³/mol. The molecule has 50 valence electrons. The van der Waals surface area contributed by atoms with E-state index < -0.39 is 10.6 Å². The second-order valence-corrected chi connectivity index (χ2v) is 2.14. The molecular formula is C5H8N2O2. The van der Waals surface area contributed by atoms with Crippen molar-refractivity contribution in [2.45, 2.75) is 19.4 Å². The number of terminal acetylenes is 1. The Balaban J connectivity index is 3.91. The molecule has 0 saturated heterocycles. The molecule has 0 aromatic carbocycles. The fourth-order valence-electron chi connectivity index (χ4n) is 0.260. The quantitative estimate of drug-likeness (QED) is 0.328. The third kappa shape index (κ3) is 3.35. The van der Waals surface area contributed by atoms with Gasteiger partial charge in [0.2, 0.25) is 0 Å². The van der Waals surface area contributed by atoms with Gasteiger partial charge in [-0.25, -0.2) is 10.1 Å². The molecule has 0 amide bonds. The summed E-state index contributed by atoms with van der Waals surface area (Å²) in [5, 5.41) is 9.12. The van der Waals surface area contributed by atoms with Crippen LogP contribution in [0.2, 0.25) is 0 Å². The molecule has 0 aliphatic rings. The van der Waals surface area contributed by atoms with Gasteiger partial charge in [-0.15, -0.1) is 11.8 Å². The van der Waals surface area contributed by atoms with Crippen LogP contribution < -0.4 is 5.43 Å². The van der Waals surface area contributed by atoms with E-state index in [1.165, 1.54) is 0 Å². The summed E-state index contributed by atoms with van der Waals surface area (Å²) < 4.78 is 0. The van der Waals surface area contributed by atoms with Gasteiger partial charge in [0.05, 0.1) is 0 Å². The first-order chi connectivity index (χ1) is 3.98. The molecule has 0 atom stereocenters. The monoisotopic (exact) mass is 128 g/mol. The smallest absolute Gasteiger partial charge is 0.159 e. The summed E-state index contributed by atoms with van der Waals surface area (Å²) in [7, 11) is 0. The van der Waals surface area contributed by atoms with E-state index in [9.17, 15) is 10.1 Å². The van der Waals surface area contributed by atoms with Crippen molar-refractivity contribution in [3.05, 3.63) is 10.1 Å². The van der Waals surface area contributed by atoms with Gasteiger partial charge in [-0.1, -0.05) is 5.92 Å². The molecule has 0 spiro atoms. The van der Waals surface area contributed by atoms with Crippen LogP contribution in [0, 0.1) is 22.5 Å². The van der Waals surface area contributed by atoms with Crippen LogP contribution in [0.4, 0.5) is 0 Å². The number of hydrogen-bond donors (Lipinski definition) is 1. The Bertz CT molecular complexity index is 157. The normalized spacial score (nSPS) is 9.89. The van der Waals surface area contributed by atoms with Crippen LogP contribution in [0.5, 0.6) is 0 Å². The fourth-order valence-corrected chi connectivity index (χ4v) is 0.260. The first kappa shape index (κ1) is 7.76. The van der Waals surface area contributed by atoms with E-state index in [0.29, 0.717) is 0 Å². The molecule has 9 heavy (non-hydrogen) atoms. The number of nitro groups is 1.